The van der Waals surface area contributed by atoms with Crippen molar-refractivity contribution in [2.24, 2.45) is 0 Å². The summed E-state index contributed by atoms with van der Waals surface area (Å²) in [5, 5.41) is 1.14. The molecule has 0 saturated heterocycles. The Labute approximate surface area is 99.8 Å². The first-order valence-corrected chi connectivity index (χ1v) is 6.73. The number of fused-ring (bicyclic) bond motifs is 1. The van der Waals surface area contributed by atoms with Crippen molar-refractivity contribution in [1.29, 1.82) is 0 Å². The second kappa shape index (κ2) is 4.95. The largest absolute Gasteiger partial charge is 0.465 e. The molecule has 0 N–H and O–H groups in total. The predicted molar refractivity (Wildman–Crippen MR) is 63.8 cm³/mol. The van der Waals surface area contributed by atoms with Crippen LogP contribution in [0.5, 0.6) is 0 Å². The quantitative estimate of drug-likeness (QED) is 0.761. The van der Waals surface area contributed by atoms with Gasteiger partial charge in [-0.3, -0.25) is 4.79 Å². The third-order valence-corrected chi connectivity index (χ3v) is 4.15. The molecule has 4 heteroatoms. The van der Waals surface area contributed by atoms with E-state index in [9.17, 15) is 4.79 Å². The molecule has 1 aromatic rings. The molecule has 1 aliphatic rings. The van der Waals surface area contributed by atoms with Crippen molar-refractivity contribution in [1.82, 2.24) is 4.98 Å². The highest BCUT2D eigenvalue weighted by atomic mass is 32.1. The van der Waals surface area contributed by atoms with Crippen LogP contribution in [0.1, 0.15) is 48.2 Å². The molecular weight excluding hydrogens is 222 g/mol. The second-order valence-electron chi connectivity index (χ2n) is 3.97. The summed E-state index contributed by atoms with van der Waals surface area (Å²) in [6.45, 7) is 4.40. The smallest absolute Gasteiger partial charge is 0.315 e. The molecule has 0 fully saturated rings. The van der Waals surface area contributed by atoms with Crippen LogP contribution in [0, 0.1) is 0 Å². The molecule has 0 aliphatic heterocycles. The number of ether oxygens (including phenoxy) is 1. The minimum Gasteiger partial charge on any atom is -0.465 e. The number of hydrogen-bond donors (Lipinski definition) is 0. The number of rotatable bonds is 3. The fourth-order valence-electron chi connectivity index (χ4n) is 2.09. The number of carbonyl (C=O) groups excluding carboxylic acids is 1. The zero-order valence-electron chi connectivity index (χ0n) is 9.78. The summed E-state index contributed by atoms with van der Waals surface area (Å²) in [7, 11) is 0. The van der Waals surface area contributed by atoms with Gasteiger partial charge in [0, 0.05) is 4.88 Å². The maximum atomic E-state index is 11.8. The van der Waals surface area contributed by atoms with Gasteiger partial charge in [0.15, 0.2) is 0 Å². The van der Waals surface area contributed by atoms with Crippen molar-refractivity contribution in [2.45, 2.75) is 45.4 Å². The lowest BCUT2D eigenvalue weighted by Crippen LogP contribution is -2.20. The van der Waals surface area contributed by atoms with E-state index in [0.29, 0.717) is 6.61 Å². The van der Waals surface area contributed by atoms with E-state index in [0.717, 1.165) is 36.4 Å². The number of aromatic nitrogens is 1. The highest BCUT2D eigenvalue weighted by molar-refractivity contribution is 7.11. The first kappa shape index (κ1) is 11.6. The van der Waals surface area contributed by atoms with Crippen LogP contribution in [0.2, 0.25) is 0 Å². The maximum absolute atomic E-state index is 11.8. The van der Waals surface area contributed by atoms with Crippen LogP contribution >= 0.6 is 11.3 Å². The van der Waals surface area contributed by atoms with Gasteiger partial charge in [0.05, 0.1) is 17.3 Å². The molecule has 1 aliphatic carbocycles. The Morgan fingerprint density at radius 2 is 2.38 bits per heavy atom. The molecule has 0 saturated carbocycles. The van der Waals surface area contributed by atoms with Crippen LogP contribution in [-0.4, -0.2) is 17.6 Å². The average molecular weight is 239 g/mol. The van der Waals surface area contributed by atoms with Crippen molar-refractivity contribution in [2.75, 3.05) is 6.61 Å². The fourth-order valence-corrected chi connectivity index (χ4v) is 3.20. The van der Waals surface area contributed by atoms with Crippen LogP contribution in [0.3, 0.4) is 0 Å². The third kappa shape index (κ3) is 2.12. The van der Waals surface area contributed by atoms with E-state index < -0.39 is 0 Å². The lowest BCUT2D eigenvalue weighted by Gasteiger charge is -2.19. The highest BCUT2D eigenvalue weighted by Gasteiger charge is 2.30. The van der Waals surface area contributed by atoms with Gasteiger partial charge in [-0.2, -0.15) is 0 Å². The molecule has 1 heterocycles. The zero-order valence-corrected chi connectivity index (χ0v) is 10.6. The van der Waals surface area contributed by atoms with Crippen LogP contribution in [-0.2, 0) is 22.4 Å². The minimum atomic E-state index is -0.111. The number of esters is 1. The van der Waals surface area contributed by atoms with Gasteiger partial charge in [-0.05, 0) is 32.6 Å². The van der Waals surface area contributed by atoms with Crippen LogP contribution in [0.4, 0.5) is 0 Å². The van der Waals surface area contributed by atoms with Crippen molar-refractivity contribution in [3.63, 3.8) is 0 Å². The summed E-state index contributed by atoms with van der Waals surface area (Å²) < 4.78 is 5.11. The van der Waals surface area contributed by atoms with Crippen LogP contribution in [0.15, 0.2) is 0 Å². The Kier molecular flexibility index (Phi) is 3.59. The Morgan fingerprint density at radius 1 is 1.56 bits per heavy atom. The summed E-state index contributed by atoms with van der Waals surface area (Å²) in [6.07, 6.45) is 3.98. The van der Waals surface area contributed by atoms with Gasteiger partial charge in [-0.25, -0.2) is 4.98 Å². The molecule has 88 valence electrons. The van der Waals surface area contributed by atoms with Gasteiger partial charge >= 0.3 is 5.97 Å². The van der Waals surface area contributed by atoms with Gasteiger partial charge in [0.2, 0.25) is 0 Å². The molecule has 0 amide bonds. The van der Waals surface area contributed by atoms with E-state index in [1.54, 1.807) is 11.3 Å². The Balaban J connectivity index is 2.25. The van der Waals surface area contributed by atoms with E-state index in [2.05, 4.69) is 11.9 Å². The summed E-state index contributed by atoms with van der Waals surface area (Å²) in [5.41, 5.74) is 0.992. The van der Waals surface area contributed by atoms with E-state index in [1.807, 2.05) is 6.92 Å². The van der Waals surface area contributed by atoms with E-state index in [4.69, 9.17) is 4.74 Å². The van der Waals surface area contributed by atoms with Gasteiger partial charge in [-0.1, -0.05) is 6.92 Å². The molecule has 1 unspecified atom stereocenters. The number of nitrogens with zero attached hydrogens (tertiary/aromatic N) is 1. The third-order valence-electron chi connectivity index (χ3n) is 2.87. The Morgan fingerprint density at radius 3 is 3.06 bits per heavy atom. The van der Waals surface area contributed by atoms with E-state index in [-0.39, 0.29) is 11.9 Å². The SMILES string of the molecule is CCOC(=O)C1CCCc2sc(CC)nc21. The number of aryl methyl sites for hydroxylation is 2. The standard InChI is InChI=1S/C12H17NO2S/c1-3-10-13-11-8(12(14)15-4-2)6-5-7-9(11)16-10/h8H,3-7H2,1-2H3. The minimum absolute atomic E-state index is 0.101. The molecule has 16 heavy (non-hydrogen) atoms. The molecule has 0 spiro atoms. The Hall–Kier alpha value is -0.900. The monoisotopic (exact) mass is 239 g/mol. The summed E-state index contributed by atoms with van der Waals surface area (Å²) in [4.78, 5) is 17.7. The highest BCUT2D eigenvalue weighted by Crippen LogP contribution is 2.35. The summed E-state index contributed by atoms with van der Waals surface area (Å²) >= 11 is 1.76. The predicted octanol–water partition coefficient (Wildman–Crippen LogP) is 2.69. The molecule has 0 bridgehead atoms. The normalized spacial score (nSPS) is 19.2. The molecule has 1 aromatic heterocycles. The van der Waals surface area contributed by atoms with Gasteiger partial charge < -0.3 is 4.74 Å². The number of hydrogen-bond acceptors (Lipinski definition) is 4. The molecular formula is C12H17NO2S. The first-order chi connectivity index (χ1) is 7.76. The van der Waals surface area contributed by atoms with Gasteiger partial charge in [-0.15, -0.1) is 11.3 Å². The van der Waals surface area contributed by atoms with Gasteiger partial charge in [0.1, 0.15) is 5.92 Å². The van der Waals surface area contributed by atoms with Gasteiger partial charge in [0.25, 0.3) is 0 Å². The molecule has 2 rings (SSSR count). The van der Waals surface area contributed by atoms with E-state index in [1.165, 1.54) is 4.88 Å². The lowest BCUT2D eigenvalue weighted by molar-refractivity contribution is -0.145. The molecule has 0 radical (unpaired) electrons. The summed E-state index contributed by atoms with van der Waals surface area (Å²) in [6, 6.07) is 0. The summed E-state index contributed by atoms with van der Waals surface area (Å²) in [5.74, 6) is -0.211. The van der Waals surface area contributed by atoms with Crippen molar-refractivity contribution >= 4 is 17.3 Å². The number of carbonyl (C=O) groups is 1. The first-order valence-electron chi connectivity index (χ1n) is 5.91. The molecule has 1 atom stereocenters. The second-order valence-corrected chi connectivity index (χ2v) is 5.13. The van der Waals surface area contributed by atoms with Crippen molar-refractivity contribution in [3.8, 4) is 0 Å². The maximum Gasteiger partial charge on any atom is 0.315 e. The fraction of sp³-hybridized carbons (Fsp3) is 0.667. The van der Waals surface area contributed by atoms with E-state index >= 15 is 0 Å². The topological polar surface area (TPSA) is 39.2 Å². The Bertz CT molecular complexity index is 386. The zero-order chi connectivity index (χ0) is 11.5. The lowest BCUT2D eigenvalue weighted by atomic mass is 9.91. The van der Waals surface area contributed by atoms with Crippen molar-refractivity contribution < 1.29 is 9.53 Å². The van der Waals surface area contributed by atoms with Crippen LogP contribution in [0.25, 0.3) is 0 Å². The van der Waals surface area contributed by atoms with Crippen molar-refractivity contribution in [3.05, 3.63) is 15.6 Å². The molecule has 0 aromatic carbocycles. The average Bonchev–Trinajstić information content (AvgIpc) is 2.71. The number of thiazole rings is 1. The molecule has 3 nitrogen and oxygen atoms in total. The van der Waals surface area contributed by atoms with Crippen LogP contribution < -0.4 is 0 Å².